The summed E-state index contributed by atoms with van der Waals surface area (Å²) in [4.78, 5) is 22.4. The van der Waals surface area contributed by atoms with Gasteiger partial charge >= 0.3 is 0 Å². The number of hydrogen-bond acceptors (Lipinski definition) is 3. The molecule has 0 aliphatic carbocycles. The first kappa shape index (κ1) is 15.2. The molecule has 0 radical (unpaired) electrons. The van der Waals surface area contributed by atoms with E-state index in [2.05, 4.69) is 16.0 Å². The van der Waals surface area contributed by atoms with Gasteiger partial charge in [0.1, 0.15) is 0 Å². The molecule has 0 spiro atoms. The van der Waals surface area contributed by atoms with E-state index in [0.717, 1.165) is 17.8 Å². The fourth-order valence-corrected chi connectivity index (χ4v) is 1.58. The van der Waals surface area contributed by atoms with Crippen molar-refractivity contribution in [2.75, 3.05) is 18.4 Å². The van der Waals surface area contributed by atoms with Gasteiger partial charge in [-0.3, -0.25) is 9.59 Å². The molecule has 0 saturated carbocycles. The van der Waals surface area contributed by atoms with Crippen LogP contribution in [-0.2, 0) is 16.1 Å². The molecule has 0 aromatic heterocycles. The Morgan fingerprint density at radius 3 is 2.42 bits per heavy atom. The van der Waals surface area contributed by atoms with Crippen LogP contribution in [0, 0.1) is 0 Å². The van der Waals surface area contributed by atoms with E-state index >= 15 is 0 Å². The van der Waals surface area contributed by atoms with Gasteiger partial charge < -0.3 is 16.0 Å². The van der Waals surface area contributed by atoms with Gasteiger partial charge in [0, 0.05) is 32.1 Å². The highest BCUT2D eigenvalue weighted by Crippen LogP contribution is 2.09. The average Bonchev–Trinajstić information content (AvgIpc) is 2.37. The molecule has 0 atom stereocenters. The van der Waals surface area contributed by atoms with E-state index in [1.54, 1.807) is 0 Å². The first-order chi connectivity index (χ1) is 9.11. The Kier molecular flexibility index (Phi) is 6.60. The van der Waals surface area contributed by atoms with E-state index < -0.39 is 0 Å². The molecular formula is C14H21N3O2. The van der Waals surface area contributed by atoms with Crippen molar-refractivity contribution in [1.29, 1.82) is 0 Å². The molecule has 0 bridgehead atoms. The lowest BCUT2D eigenvalue weighted by atomic mass is 10.2. The minimum atomic E-state index is -0.0931. The molecule has 104 valence electrons. The van der Waals surface area contributed by atoms with Crippen LogP contribution in [0.15, 0.2) is 24.3 Å². The zero-order chi connectivity index (χ0) is 14.1. The van der Waals surface area contributed by atoms with Gasteiger partial charge in [-0.1, -0.05) is 19.1 Å². The molecule has 0 heterocycles. The van der Waals surface area contributed by atoms with Crippen molar-refractivity contribution in [3.8, 4) is 0 Å². The second-order valence-corrected chi connectivity index (χ2v) is 4.26. The summed E-state index contributed by atoms with van der Waals surface area (Å²) in [7, 11) is 0. The van der Waals surface area contributed by atoms with Crippen LogP contribution < -0.4 is 16.0 Å². The van der Waals surface area contributed by atoms with Crippen molar-refractivity contribution >= 4 is 17.5 Å². The number of anilines is 1. The molecule has 5 heteroatoms. The van der Waals surface area contributed by atoms with E-state index in [4.69, 9.17) is 0 Å². The Morgan fingerprint density at radius 1 is 1.16 bits per heavy atom. The van der Waals surface area contributed by atoms with Crippen LogP contribution in [0.2, 0.25) is 0 Å². The summed E-state index contributed by atoms with van der Waals surface area (Å²) in [5.74, 6) is -0.0589. The Balaban J connectivity index is 2.33. The smallest absolute Gasteiger partial charge is 0.221 e. The lowest BCUT2D eigenvalue weighted by molar-refractivity contribution is -0.121. The highest BCUT2D eigenvalue weighted by molar-refractivity contribution is 5.88. The third-order valence-corrected chi connectivity index (χ3v) is 2.54. The number of carbonyl (C=O) groups excluding carboxylic acids is 2. The van der Waals surface area contributed by atoms with Crippen LogP contribution >= 0.6 is 0 Å². The molecule has 1 aromatic carbocycles. The zero-order valence-electron chi connectivity index (χ0n) is 11.5. The second-order valence-electron chi connectivity index (χ2n) is 4.26. The molecule has 2 amide bonds. The predicted molar refractivity (Wildman–Crippen MR) is 75.8 cm³/mol. The minimum Gasteiger partial charge on any atom is -0.352 e. The summed E-state index contributed by atoms with van der Waals surface area (Å²) in [5, 5.41) is 8.65. The third-order valence-electron chi connectivity index (χ3n) is 2.54. The van der Waals surface area contributed by atoms with Crippen LogP contribution in [-0.4, -0.2) is 24.9 Å². The maximum absolute atomic E-state index is 11.5. The summed E-state index contributed by atoms with van der Waals surface area (Å²) < 4.78 is 0. The molecule has 19 heavy (non-hydrogen) atoms. The van der Waals surface area contributed by atoms with Crippen LogP contribution in [0.1, 0.15) is 25.8 Å². The lowest BCUT2D eigenvalue weighted by Gasteiger charge is -2.07. The second kappa shape index (κ2) is 8.26. The monoisotopic (exact) mass is 263 g/mol. The quantitative estimate of drug-likeness (QED) is 0.649. The van der Waals surface area contributed by atoms with Crippen molar-refractivity contribution in [2.45, 2.75) is 26.8 Å². The normalized spacial score (nSPS) is 10.0. The number of nitrogens with one attached hydrogen (secondary N) is 3. The summed E-state index contributed by atoms with van der Waals surface area (Å²) in [6.07, 6.45) is 0.484. The lowest BCUT2D eigenvalue weighted by Crippen LogP contribution is -2.27. The Hall–Kier alpha value is -1.88. The van der Waals surface area contributed by atoms with Gasteiger partial charge in [-0.15, -0.1) is 0 Å². The molecule has 5 nitrogen and oxygen atoms in total. The number of carbonyl (C=O) groups is 2. The summed E-state index contributed by atoms with van der Waals surface area (Å²) >= 11 is 0. The van der Waals surface area contributed by atoms with E-state index in [9.17, 15) is 9.59 Å². The van der Waals surface area contributed by atoms with Crippen LogP contribution in [0.3, 0.4) is 0 Å². The average molecular weight is 263 g/mol. The molecule has 0 saturated heterocycles. The topological polar surface area (TPSA) is 70.2 Å². The van der Waals surface area contributed by atoms with Gasteiger partial charge in [-0.25, -0.2) is 0 Å². The molecule has 0 aliphatic heterocycles. The van der Waals surface area contributed by atoms with Crippen molar-refractivity contribution in [2.24, 2.45) is 0 Å². The summed E-state index contributed by atoms with van der Waals surface area (Å²) in [5.41, 5.74) is 1.76. The van der Waals surface area contributed by atoms with Crippen molar-refractivity contribution < 1.29 is 9.59 Å². The van der Waals surface area contributed by atoms with Crippen LogP contribution in [0.25, 0.3) is 0 Å². The largest absolute Gasteiger partial charge is 0.352 e. The number of hydrogen-bond donors (Lipinski definition) is 3. The molecule has 0 unspecified atom stereocenters. The van der Waals surface area contributed by atoms with E-state index in [0.29, 0.717) is 19.5 Å². The Labute approximate surface area is 113 Å². The van der Waals surface area contributed by atoms with Gasteiger partial charge in [-0.2, -0.15) is 0 Å². The van der Waals surface area contributed by atoms with Gasteiger partial charge in [0.05, 0.1) is 0 Å². The van der Waals surface area contributed by atoms with Crippen molar-refractivity contribution in [3.05, 3.63) is 29.8 Å². The molecule has 0 fully saturated rings. The number of rotatable bonds is 7. The maximum Gasteiger partial charge on any atom is 0.221 e. The fraction of sp³-hybridized carbons (Fsp3) is 0.429. The van der Waals surface area contributed by atoms with Gasteiger partial charge in [-0.05, 0) is 24.2 Å². The first-order valence-corrected chi connectivity index (χ1v) is 6.45. The Morgan fingerprint density at radius 2 is 1.84 bits per heavy atom. The highest BCUT2D eigenvalue weighted by Gasteiger charge is 2.01. The van der Waals surface area contributed by atoms with Gasteiger partial charge in [0.25, 0.3) is 0 Å². The summed E-state index contributed by atoms with van der Waals surface area (Å²) in [6.45, 7) is 5.56. The van der Waals surface area contributed by atoms with E-state index in [-0.39, 0.29) is 11.8 Å². The number of amides is 2. The fourth-order valence-electron chi connectivity index (χ4n) is 1.58. The first-order valence-electron chi connectivity index (χ1n) is 6.45. The molecule has 0 aliphatic rings. The van der Waals surface area contributed by atoms with Crippen molar-refractivity contribution in [3.63, 3.8) is 0 Å². The maximum atomic E-state index is 11.5. The van der Waals surface area contributed by atoms with E-state index in [1.165, 1.54) is 6.92 Å². The predicted octanol–water partition coefficient (Wildman–Crippen LogP) is 1.26. The van der Waals surface area contributed by atoms with Gasteiger partial charge in [0.15, 0.2) is 0 Å². The SMILES string of the molecule is CCNCCC(=O)NCc1ccc(NC(C)=O)cc1. The third kappa shape index (κ3) is 6.57. The zero-order valence-corrected chi connectivity index (χ0v) is 11.5. The Bertz CT molecular complexity index is 415. The van der Waals surface area contributed by atoms with E-state index in [1.807, 2.05) is 31.2 Å². The molecule has 1 aromatic rings. The minimum absolute atomic E-state index is 0.0342. The number of benzene rings is 1. The summed E-state index contributed by atoms with van der Waals surface area (Å²) in [6, 6.07) is 7.41. The standard InChI is InChI=1S/C14H21N3O2/c1-3-15-9-8-14(19)16-10-12-4-6-13(7-5-12)17-11(2)18/h4-7,15H,3,8-10H2,1-2H3,(H,16,19)(H,17,18). The molecule has 1 rings (SSSR count). The van der Waals surface area contributed by atoms with Gasteiger partial charge in [0.2, 0.25) is 11.8 Å². The molecule has 3 N–H and O–H groups in total. The van der Waals surface area contributed by atoms with Crippen LogP contribution in [0.5, 0.6) is 0 Å². The van der Waals surface area contributed by atoms with Crippen LogP contribution in [0.4, 0.5) is 5.69 Å². The van der Waals surface area contributed by atoms with Crippen molar-refractivity contribution in [1.82, 2.24) is 10.6 Å². The molecular weight excluding hydrogens is 242 g/mol. The highest BCUT2D eigenvalue weighted by atomic mass is 16.2.